The summed E-state index contributed by atoms with van der Waals surface area (Å²) in [6.45, 7) is 0. The second-order valence-electron chi connectivity index (χ2n) is 3.77. The van der Waals surface area contributed by atoms with Crippen molar-refractivity contribution < 1.29 is 19.8 Å². The Morgan fingerprint density at radius 3 is 1.11 bits per heavy atom. The second kappa shape index (κ2) is 6.70. The van der Waals surface area contributed by atoms with Gasteiger partial charge in [-0.05, 0) is 35.4 Å². The van der Waals surface area contributed by atoms with Crippen molar-refractivity contribution >= 4 is 49.7 Å². The first-order chi connectivity index (χ1) is 8.58. The van der Waals surface area contributed by atoms with Gasteiger partial charge in [-0.15, -0.1) is 0 Å². The van der Waals surface area contributed by atoms with Crippen LogP contribution < -0.4 is 0 Å². The SMILES string of the molecule is O=C(O)c1ccc(-c2ccc(C(=O)O)cc2)cc1.[CaH2]. The molecule has 5 heteroatoms. The van der Waals surface area contributed by atoms with Crippen molar-refractivity contribution in [3.05, 3.63) is 59.7 Å². The average Bonchev–Trinajstić information content (AvgIpc) is 2.39. The number of hydrogen-bond donors (Lipinski definition) is 2. The van der Waals surface area contributed by atoms with Crippen LogP contribution in [0.3, 0.4) is 0 Å². The summed E-state index contributed by atoms with van der Waals surface area (Å²) >= 11 is 0. The third kappa shape index (κ3) is 3.80. The summed E-state index contributed by atoms with van der Waals surface area (Å²) in [4.78, 5) is 21.4. The maximum atomic E-state index is 10.7. The van der Waals surface area contributed by atoms with Gasteiger partial charge in [0.2, 0.25) is 0 Å². The monoisotopic (exact) mass is 284 g/mol. The van der Waals surface area contributed by atoms with Crippen LogP contribution in [0, 0.1) is 0 Å². The van der Waals surface area contributed by atoms with E-state index < -0.39 is 11.9 Å². The molecule has 0 heterocycles. The van der Waals surface area contributed by atoms with Gasteiger partial charge in [0.1, 0.15) is 0 Å². The zero-order chi connectivity index (χ0) is 13.1. The molecule has 0 aliphatic carbocycles. The second-order valence-corrected chi connectivity index (χ2v) is 3.77. The Labute approximate surface area is 139 Å². The molecule has 0 atom stereocenters. The van der Waals surface area contributed by atoms with E-state index in [2.05, 4.69) is 0 Å². The maximum absolute atomic E-state index is 10.7. The molecule has 94 valence electrons. The number of hydrogen-bond acceptors (Lipinski definition) is 2. The molecule has 2 N–H and O–H groups in total. The average molecular weight is 284 g/mol. The van der Waals surface area contributed by atoms with Crippen molar-refractivity contribution in [2.45, 2.75) is 0 Å². The van der Waals surface area contributed by atoms with Crippen LogP contribution >= 0.6 is 0 Å². The molecular formula is C14H12CaO4. The minimum atomic E-state index is -0.970. The van der Waals surface area contributed by atoms with Gasteiger partial charge >= 0.3 is 49.7 Å². The van der Waals surface area contributed by atoms with E-state index in [0.717, 1.165) is 11.1 Å². The standard InChI is InChI=1S/C14H10O4.Ca.2H/c15-13(16)11-5-1-9(2-6-11)10-3-7-12(8-4-10)14(17)18;;;/h1-8H,(H,15,16)(H,17,18);;;. The first-order valence-corrected chi connectivity index (χ1v) is 5.25. The normalized spacial score (nSPS) is 9.47. The van der Waals surface area contributed by atoms with Crippen molar-refractivity contribution in [3.8, 4) is 11.1 Å². The summed E-state index contributed by atoms with van der Waals surface area (Å²) in [6.07, 6.45) is 0. The number of rotatable bonds is 3. The van der Waals surface area contributed by atoms with Crippen LogP contribution in [0.25, 0.3) is 11.1 Å². The number of carbonyl (C=O) groups is 2. The molecule has 0 amide bonds. The summed E-state index contributed by atoms with van der Waals surface area (Å²) in [5, 5.41) is 17.6. The predicted octanol–water partition coefficient (Wildman–Crippen LogP) is 1.83. The van der Waals surface area contributed by atoms with Crippen LogP contribution in [-0.4, -0.2) is 59.9 Å². The summed E-state index contributed by atoms with van der Waals surface area (Å²) in [5.74, 6) is -1.94. The van der Waals surface area contributed by atoms with Crippen LogP contribution in [0.4, 0.5) is 0 Å². The molecule has 2 aromatic carbocycles. The molecule has 0 aromatic heterocycles. The van der Waals surface area contributed by atoms with Crippen molar-refractivity contribution in [1.82, 2.24) is 0 Å². The van der Waals surface area contributed by atoms with Crippen LogP contribution in [0.2, 0.25) is 0 Å². The van der Waals surface area contributed by atoms with Gasteiger partial charge in [-0.25, -0.2) is 9.59 Å². The number of aromatic carboxylic acids is 2. The molecule has 0 spiro atoms. The zero-order valence-corrected chi connectivity index (χ0v) is 9.33. The van der Waals surface area contributed by atoms with Crippen molar-refractivity contribution in [3.63, 3.8) is 0 Å². The first-order valence-electron chi connectivity index (χ1n) is 5.25. The number of carboxylic acids is 2. The van der Waals surface area contributed by atoms with Gasteiger partial charge in [-0.1, -0.05) is 24.3 Å². The molecule has 0 saturated heterocycles. The Morgan fingerprint density at radius 2 is 0.895 bits per heavy atom. The fraction of sp³-hybridized carbons (Fsp3) is 0. The summed E-state index contributed by atoms with van der Waals surface area (Å²) in [7, 11) is 0. The van der Waals surface area contributed by atoms with Gasteiger partial charge in [0.15, 0.2) is 0 Å². The molecular weight excluding hydrogens is 272 g/mol. The Hall–Kier alpha value is -1.36. The molecule has 0 fully saturated rings. The van der Waals surface area contributed by atoms with E-state index in [9.17, 15) is 9.59 Å². The van der Waals surface area contributed by atoms with Crippen LogP contribution in [0.1, 0.15) is 20.7 Å². The molecule has 0 aliphatic heterocycles. The Kier molecular flexibility index (Phi) is 5.54. The summed E-state index contributed by atoms with van der Waals surface area (Å²) < 4.78 is 0. The Bertz CT molecular complexity index is 532. The van der Waals surface area contributed by atoms with Crippen LogP contribution in [0.5, 0.6) is 0 Å². The predicted molar refractivity (Wildman–Crippen MR) is 74.3 cm³/mol. The van der Waals surface area contributed by atoms with E-state index in [1.807, 2.05) is 0 Å². The molecule has 0 aliphatic rings. The number of carboxylic acid groups (broad SMARTS) is 2. The van der Waals surface area contributed by atoms with E-state index >= 15 is 0 Å². The topological polar surface area (TPSA) is 74.6 Å². The van der Waals surface area contributed by atoms with Gasteiger partial charge in [-0.2, -0.15) is 0 Å². The van der Waals surface area contributed by atoms with E-state index in [4.69, 9.17) is 10.2 Å². The van der Waals surface area contributed by atoms with Crippen molar-refractivity contribution in [2.75, 3.05) is 0 Å². The fourth-order valence-electron chi connectivity index (χ4n) is 1.61. The Morgan fingerprint density at radius 1 is 0.632 bits per heavy atom. The zero-order valence-electron chi connectivity index (χ0n) is 9.33. The van der Waals surface area contributed by atoms with Crippen molar-refractivity contribution in [2.24, 2.45) is 0 Å². The van der Waals surface area contributed by atoms with Gasteiger partial charge in [0.25, 0.3) is 0 Å². The molecule has 2 aromatic rings. The van der Waals surface area contributed by atoms with Crippen LogP contribution in [-0.2, 0) is 0 Å². The molecule has 0 bridgehead atoms. The minimum absolute atomic E-state index is 0. The summed E-state index contributed by atoms with van der Waals surface area (Å²) in [6, 6.07) is 12.8. The van der Waals surface area contributed by atoms with E-state index in [0.29, 0.717) is 0 Å². The van der Waals surface area contributed by atoms with Crippen molar-refractivity contribution in [1.29, 1.82) is 0 Å². The molecule has 0 unspecified atom stereocenters. The van der Waals surface area contributed by atoms with Gasteiger partial charge in [0.05, 0.1) is 11.1 Å². The third-order valence-electron chi connectivity index (χ3n) is 2.60. The van der Waals surface area contributed by atoms with E-state index in [1.165, 1.54) is 24.3 Å². The van der Waals surface area contributed by atoms with Crippen LogP contribution in [0.15, 0.2) is 48.5 Å². The Balaban J connectivity index is 0.00000180. The molecule has 4 nitrogen and oxygen atoms in total. The number of benzene rings is 2. The molecule has 0 radical (unpaired) electrons. The molecule has 2 rings (SSSR count). The summed E-state index contributed by atoms with van der Waals surface area (Å²) in [5.41, 5.74) is 2.13. The van der Waals surface area contributed by atoms with E-state index in [-0.39, 0.29) is 48.9 Å². The van der Waals surface area contributed by atoms with Gasteiger partial charge < -0.3 is 10.2 Å². The quantitative estimate of drug-likeness (QED) is 0.843. The molecule has 0 saturated carbocycles. The first kappa shape index (κ1) is 15.7. The van der Waals surface area contributed by atoms with Gasteiger partial charge in [0, 0.05) is 0 Å². The fourth-order valence-corrected chi connectivity index (χ4v) is 1.61. The van der Waals surface area contributed by atoms with Gasteiger partial charge in [-0.3, -0.25) is 0 Å². The van der Waals surface area contributed by atoms with E-state index in [1.54, 1.807) is 24.3 Å². The molecule has 19 heavy (non-hydrogen) atoms. The third-order valence-corrected chi connectivity index (χ3v) is 2.60.